The van der Waals surface area contributed by atoms with Crippen molar-refractivity contribution in [2.45, 2.75) is 6.54 Å². The second kappa shape index (κ2) is 5.69. The van der Waals surface area contributed by atoms with E-state index in [1.54, 1.807) is 12.1 Å². The van der Waals surface area contributed by atoms with E-state index in [4.69, 9.17) is 11.6 Å². The summed E-state index contributed by atoms with van der Waals surface area (Å²) in [6.07, 6.45) is 0. The second-order valence-corrected chi connectivity index (χ2v) is 5.27. The van der Waals surface area contributed by atoms with Crippen LogP contribution in [-0.2, 0) is 6.54 Å². The van der Waals surface area contributed by atoms with Gasteiger partial charge in [0.1, 0.15) is 5.82 Å². The summed E-state index contributed by atoms with van der Waals surface area (Å²) in [6, 6.07) is 12.8. The van der Waals surface area contributed by atoms with Crippen molar-refractivity contribution in [2.24, 2.45) is 0 Å². The maximum absolute atomic E-state index is 13.0. The molecule has 0 bridgehead atoms. The molecular formula is C13H10ClFIN. The Labute approximate surface area is 118 Å². The molecule has 0 unspecified atom stereocenters. The third-order valence-corrected chi connectivity index (χ3v) is 3.27. The lowest BCUT2D eigenvalue weighted by Crippen LogP contribution is -1.99. The van der Waals surface area contributed by atoms with E-state index in [0.29, 0.717) is 6.54 Å². The van der Waals surface area contributed by atoms with Gasteiger partial charge in [0.05, 0.1) is 5.02 Å². The molecule has 0 spiro atoms. The fourth-order valence-corrected chi connectivity index (χ4v) is 2.20. The molecule has 0 aliphatic heterocycles. The Hall–Kier alpha value is -0.810. The first kappa shape index (κ1) is 12.6. The summed E-state index contributed by atoms with van der Waals surface area (Å²) >= 11 is 7.98. The summed E-state index contributed by atoms with van der Waals surface area (Å²) in [6.45, 7) is 0.625. The van der Waals surface area contributed by atoms with Crippen molar-refractivity contribution in [1.29, 1.82) is 0 Å². The van der Waals surface area contributed by atoms with E-state index in [2.05, 4.69) is 27.9 Å². The molecule has 0 fully saturated rings. The van der Waals surface area contributed by atoms with Gasteiger partial charge in [-0.2, -0.15) is 0 Å². The standard InChI is InChI=1S/C13H10ClFIN/c14-12-6-9(4-5-13(12)15)8-17-11-3-1-2-10(16)7-11/h1-7,17H,8H2. The third kappa shape index (κ3) is 3.57. The lowest BCUT2D eigenvalue weighted by Gasteiger charge is -2.07. The molecule has 0 amide bonds. The van der Waals surface area contributed by atoms with Crippen molar-refractivity contribution in [3.63, 3.8) is 0 Å². The van der Waals surface area contributed by atoms with Gasteiger partial charge in [-0.1, -0.05) is 23.7 Å². The zero-order valence-electron chi connectivity index (χ0n) is 8.88. The minimum Gasteiger partial charge on any atom is -0.381 e. The second-order valence-electron chi connectivity index (χ2n) is 3.61. The number of anilines is 1. The first-order valence-corrected chi connectivity index (χ1v) is 6.54. The molecule has 0 aliphatic carbocycles. The van der Waals surface area contributed by atoms with Crippen molar-refractivity contribution >= 4 is 39.9 Å². The van der Waals surface area contributed by atoms with Crippen molar-refractivity contribution in [1.82, 2.24) is 0 Å². The molecule has 88 valence electrons. The number of benzene rings is 2. The van der Waals surface area contributed by atoms with Gasteiger partial charge in [-0.05, 0) is 58.5 Å². The molecular weight excluding hydrogens is 352 g/mol. The molecule has 1 nitrogen and oxygen atoms in total. The van der Waals surface area contributed by atoms with Crippen LogP contribution < -0.4 is 5.32 Å². The highest BCUT2D eigenvalue weighted by Crippen LogP contribution is 2.18. The van der Waals surface area contributed by atoms with Gasteiger partial charge in [0, 0.05) is 15.8 Å². The van der Waals surface area contributed by atoms with Gasteiger partial charge in [-0.25, -0.2) is 4.39 Å². The van der Waals surface area contributed by atoms with E-state index in [9.17, 15) is 4.39 Å². The number of hydrogen-bond donors (Lipinski definition) is 1. The van der Waals surface area contributed by atoms with Crippen LogP contribution in [0.3, 0.4) is 0 Å². The first-order valence-electron chi connectivity index (χ1n) is 5.08. The van der Waals surface area contributed by atoms with Crippen molar-refractivity contribution in [3.8, 4) is 0 Å². The summed E-state index contributed by atoms with van der Waals surface area (Å²) in [7, 11) is 0. The molecule has 17 heavy (non-hydrogen) atoms. The minimum atomic E-state index is -0.385. The molecule has 0 saturated heterocycles. The average molecular weight is 362 g/mol. The van der Waals surface area contributed by atoms with Crippen LogP contribution in [0.1, 0.15) is 5.56 Å². The van der Waals surface area contributed by atoms with Crippen LogP contribution in [-0.4, -0.2) is 0 Å². The van der Waals surface area contributed by atoms with Crippen LogP contribution in [0.5, 0.6) is 0 Å². The normalized spacial score (nSPS) is 10.3. The largest absolute Gasteiger partial charge is 0.381 e. The van der Waals surface area contributed by atoms with Gasteiger partial charge in [0.25, 0.3) is 0 Å². The Morgan fingerprint density at radius 2 is 2.00 bits per heavy atom. The lowest BCUT2D eigenvalue weighted by atomic mass is 10.2. The molecule has 2 aromatic rings. The number of rotatable bonds is 3. The Bertz CT molecular complexity index is 531. The highest BCUT2D eigenvalue weighted by atomic mass is 127. The first-order chi connectivity index (χ1) is 8.15. The van der Waals surface area contributed by atoms with Crippen LogP contribution >= 0.6 is 34.2 Å². The number of halogens is 3. The highest BCUT2D eigenvalue weighted by molar-refractivity contribution is 14.1. The predicted octanol–water partition coefficient (Wildman–Crippen LogP) is 4.70. The van der Waals surface area contributed by atoms with Crippen LogP contribution in [0.4, 0.5) is 10.1 Å². The SMILES string of the molecule is Fc1ccc(CNc2cccc(I)c2)cc1Cl. The lowest BCUT2D eigenvalue weighted by molar-refractivity contribution is 0.627. The Morgan fingerprint density at radius 3 is 2.71 bits per heavy atom. The number of hydrogen-bond acceptors (Lipinski definition) is 1. The maximum Gasteiger partial charge on any atom is 0.141 e. The van der Waals surface area contributed by atoms with Gasteiger partial charge >= 0.3 is 0 Å². The van der Waals surface area contributed by atoms with E-state index in [0.717, 1.165) is 11.3 Å². The monoisotopic (exact) mass is 361 g/mol. The highest BCUT2D eigenvalue weighted by Gasteiger charge is 2.01. The molecule has 2 aromatic carbocycles. The van der Waals surface area contributed by atoms with E-state index < -0.39 is 0 Å². The van der Waals surface area contributed by atoms with Gasteiger partial charge in [-0.3, -0.25) is 0 Å². The molecule has 2 rings (SSSR count). The van der Waals surface area contributed by atoms with Gasteiger partial charge in [0.15, 0.2) is 0 Å². The van der Waals surface area contributed by atoms with E-state index in [-0.39, 0.29) is 10.8 Å². The van der Waals surface area contributed by atoms with E-state index in [1.165, 1.54) is 9.64 Å². The molecule has 1 N–H and O–H groups in total. The fraction of sp³-hybridized carbons (Fsp3) is 0.0769. The minimum absolute atomic E-state index is 0.159. The Kier molecular flexibility index (Phi) is 4.23. The average Bonchev–Trinajstić information content (AvgIpc) is 2.31. The van der Waals surface area contributed by atoms with Crippen molar-refractivity contribution < 1.29 is 4.39 Å². The quantitative estimate of drug-likeness (QED) is 0.782. The van der Waals surface area contributed by atoms with Crippen LogP contribution in [0, 0.1) is 9.39 Å². The van der Waals surface area contributed by atoms with Crippen LogP contribution in [0.25, 0.3) is 0 Å². The zero-order chi connectivity index (χ0) is 12.3. The molecule has 0 heterocycles. The summed E-state index contributed by atoms with van der Waals surface area (Å²) in [4.78, 5) is 0. The third-order valence-electron chi connectivity index (χ3n) is 2.31. The molecule has 0 aliphatic rings. The van der Waals surface area contributed by atoms with Crippen molar-refractivity contribution in [2.75, 3.05) is 5.32 Å². The summed E-state index contributed by atoms with van der Waals surface area (Å²) in [5, 5.41) is 3.42. The smallest absolute Gasteiger partial charge is 0.141 e. The summed E-state index contributed by atoms with van der Waals surface area (Å²) < 4.78 is 14.1. The van der Waals surface area contributed by atoms with E-state index in [1.807, 2.05) is 24.3 Å². The summed E-state index contributed by atoms with van der Waals surface area (Å²) in [5.74, 6) is -0.385. The maximum atomic E-state index is 13.0. The van der Waals surface area contributed by atoms with Gasteiger partial charge in [0.2, 0.25) is 0 Å². The Balaban J connectivity index is 2.05. The van der Waals surface area contributed by atoms with E-state index >= 15 is 0 Å². The summed E-state index contributed by atoms with van der Waals surface area (Å²) in [5.41, 5.74) is 1.99. The fourth-order valence-electron chi connectivity index (χ4n) is 1.45. The molecule has 0 radical (unpaired) electrons. The molecule has 0 saturated carbocycles. The van der Waals surface area contributed by atoms with Crippen LogP contribution in [0.15, 0.2) is 42.5 Å². The Morgan fingerprint density at radius 1 is 1.18 bits per heavy atom. The molecule has 0 aromatic heterocycles. The van der Waals surface area contributed by atoms with Gasteiger partial charge < -0.3 is 5.32 Å². The zero-order valence-corrected chi connectivity index (χ0v) is 11.8. The number of nitrogens with one attached hydrogen (secondary N) is 1. The molecule has 0 atom stereocenters. The predicted molar refractivity (Wildman–Crippen MR) is 77.9 cm³/mol. The molecule has 4 heteroatoms. The van der Waals surface area contributed by atoms with Crippen molar-refractivity contribution in [3.05, 3.63) is 62.4 Å². The topological polar surface area (TPSA) is 12.0 Å². The van der Waals surface area contributed by atoms with Crippen LogP contribution in [0.2, 0.25) is 5.02 Å². The van der Waals surface area contributed by atoms with Gasteiger partial charge in [-0.15, -0.1) is 0 Å².